The molecule has 0 aliphatic rings. The quantitative estimate of drug-likeness (QED) is 0.320. The topological polar surface area (TPSA) is 81.7 Å². The highest BCUT2D eigenvalue weighted by molar-refractivity contribution is 6.31. The van der Waals surface area contributed by atoms with E-state index < -0.39 is 12.0 Å². The number of quaternary nitrogens is 1. The molecule has 0 bridgehead atoms. The van der Waals surface area contributed by atoms with Crippen LogP contribution in [0.2, 0.25) is 5.02 Å². The van der Waals surface area contributed by atoms with E-state index in [-0.39, 0.29) is 35.1 Å². The van der Waals surface area contributed by atoms with Gasteiger partial charge in [-0.2, -0.15) is 0 Å². The molecular formula is C27H36ClN2O5+. The molecule has 2 rings (SSSR count). The van der Waals surface area contributed by atoms with Gasteiger partial charge < -0.3 is 19.3 Å². The largest absolute Gasteiger partial charge is 0.465 e. The number of methoxy groups -OCH3 is 1. The van der Waals surface area contributed by atoms with Crippen LogP contribution in [0.3, 0.4) is 0 Å². The molecule has 8 heteroatoms. The highest BCUT2D eigenvalue weighted by Gasteiger charge is 2.41. The molecule has 2 aromatic rings. The number of esters is 2. The number of rotatable bonds is 12. The Morgan fingerprint density at radius 1 is 1.06 bits per heavy atom. The Morgan fingerprint density at radius 3 is 2.29 bits per heavy atom. The zero-order valence-electron chi connectivity index (χ0n) is 21.2. The fraction of sp³-hybridized carbons (Fsp3) is 0.444. The molecule has 1 atom stereocenters. The lowest BCUT2D eigenvalue weighted by Gasteiger charge is -2.42. The van der Waals surface area contributed by atoms with Crippen LogP contribution >= 0.6 is 11.6 Å². The van der Waals surface area contributed by atoms with Crippen LogP contribution in [0, 0.1) is 6.92 Å². The number of ether oxygens (including phenoxy) is 2. The van der Waals surface area contributed by atoms with Crippen LogP contribution in [0.5, 0.6) is 0 Å². The van der Waals surface area contributed by atoms with Crippen LogP contribution in [-0.2, 0) is 25.7 Å². The zero-order chi connectivity index (χ0) is 26.0. The maximum Gasteiger partial charge on any atom is 0.362 e. The summed E-state index contributed by atoms with van der Waals surface area (Å²) in [6, 6.07) is 12.1. The Hall–Kier alpha value is -2.90. The number of nitrogens with one attached hydrogen (secondary N) is 1. The second-order valence-electron chi connectivity index (χ2n) is 8.59. The first-order valence-electron chi connectivity index (χ1n) is 12.0. The van der Waals surface area contributed by atoms with Gasteiger partial charge in [-0.25, -0.2) is 9.59 Å². The predicted molar refractivity (Wildman–Crippen MR) is 137 cm³/mol. The number of hydrogen-bond donors (Lipinski definition) is 1. The smallest absolute Gasteiger partial charge is 0.362 e. The van der Waals surface area contributed by atoms with Gasteiger partial charge in [0.1, 0.15) is 6.61 Å². The molecule has 1 amide bonds. The Morgan fingerprint density at radius 2 is 1.71 bits per heavy atom. The molecule has 0 saturated heterocycles. The molecule has 35 heavy (non-hydrogen) atoms. The van der Waals surface area contributed by atoms with Crippen LogP contribution in [0.15, 0.2) is 42.5 Å². The fourth-order valence-corrected chi connectivity index (χ4v) is 4.63. The van der Waals surface area contributed by atoms with Crippen LogP contribution in [0.4, 0.5) is 5.69 Å². The molecule has 1 N–H and O–H groups in total. The normalized spacial score (nSPS) is 12.1. The van der Waals surface area contributed by atoms with Gasteiger partial charge in [0.05, 0.1) is 31.5 Å². The van der Waals surface area contributed by atoms with Crippen molar-refractivity contribution in [1.29, 1.82) is 0 Å². The number of carbonyl (C=O) groups excluding carboxylic acids is 3. The lowest BCUT2D eigenvalue weighted by molar-refractivity contribution is -0.933. The highest BCUT2D eigenvalue weighted by Crippen LogP contribution is 2.28. The molecule has 1 unspecified atom stereocenters. The molecule has 0 heterocycles. The number of likely N-dealkylation sites (N-methyl/N-ethyl adjacent to an activating group) is 1. The SMILES string of the molecule is CCCC(C(=O)Nc1c(C)cc(Cl)cc1C(=O)OC)[N+](CC)(CC)CC(=O)OCc1ccccc1. The molecule has 0 saturated carbocycles. The van der Waals surface area contributed by atoms with Gasteiger partial charge in [-0.15, -0.1) is 0 Å². The van der Waals surface area contributed by atoms with Crippen LogP contribution in [-0.4, -0.2) is 55.1 Å². The summed E-state index contributed by atoms with van der Waals surface area (Å²) >= 11 is 6.15. The van der Waals surface area contributed by atoms with Gasteiger partial charge in [0.25, 0.3) is 5.91 Å². The van der Waals surface area contributed by atoms with Crippen molar-refractivity contribution < 1.29 is 28.3 Å². The first kappa shape index (κ1) is 28.3. The van der Waals surface area contributed by atoms with Gasteiger partial charge in [-0.05, 0) is 50.5 Å². The summed E-state index contributed by atoms with van der Waals surface area (Å²) < 4.78 is 10.7. The zero-order valence-corrected chi connectivity index (χ0v) is 22.0. The fourth-order valence-electron chi connectivity index (χ4n) is 4.35. The van der Waals surface area contributed by atoms with Gasteiger partial charge >= 0.3 is 11.9 Å². The van der Waals surface area contributed by atoms with E-state index in [0.29, 0.717) is 35.8 Å². The van der Waals surface area contributed by atoms with Gasteiger partial charge in [0, 0.05) is 11.4 Å². The summed E-state index contributed by atoms with van der Waals surface area (Å²) in [5, 5.41) is 3.32. The Bertz CT molecular complexity index is 1020. The summed E-state index contributed by atoms with van der Waals surface area (Å²) in [4.78, 5) is 38.9. The van der Waals surface area contributed by atoms with Gasteiger partial charge in [-0.3, -0.25) is 4.79 Å². The van der Waals surface area contributed by atoms with E-state index in [0.717, 1.165) is 12.0 Å². The maximum atomic E-state index is 13.7. The number of carbonyl (C=O) groups is 3. The minimum atomic E-state index is -0.589. The molecule has 190 valence electrons. The van der Waals surface area contributed by atoms with Gasteiger partial charge in [0.2, 0.25) is 0 Å². The minimum absolute atomic E-state index is 0.0708. The first-order valence-corrected chi connectivity index (χ1v) is 12.3. The van der Waals surface area contributed by atoms with Crippen molar-refractivity contribution in [2.24, 2.45) is 0 Å². The molecule has 7 nitrogen and oxygen atoms in total. The van der Waals surface area contributed by atoms with E-state index in [1.807, 2.05) is 51.1 Å². The summed E-state index contributed by atoms with van der Waals surface area (Å²) in [6.45, 7) is 9.10. The van der Waals surface area contributed by atoms with Crippen molar-refractivity contribution in [2.75, 3.05) is 32.1 Å². The Balaban J connectivity index is 2.30. The summed E-state index contributed by atoms with van der Waals surface area (Å²) in [5.41, 5.74) is 2.11. The molecule has 0 fully saturated rings. The third-order valence-corrected chi connectivity index (χ3v) is 6.64. The summed E-state index contributed by atoms with van der Waals surface area (Å²) in [5.74, 6) is -1.21. The molecule has 0 spiro atoms. The molecule has 0 radical (unpaired) electrons. The lowest BCUT2D eigenvalue weighted by Crippen LogP contribution is -2.62. The number of halogens is 1. The monoisotopic (exact) mass is 503 g/mol. The predicted octanol–water partition coefficient (Wildman–Crippen LogP) is 5.14. The lowest BCUT2D eigenvalue weighted by atomic mass is 10.0. The van der Waals surface area contributed by atoms with E-state index in [2.05, 4.69) is 5.32 Å². The van der Waals surface area contributed by atoms with Gasteiger partial charge in [-0.1, -0.05) is 48.9 Å². The van der Waals surface area contributed by atoms with Crippen LogP contribution < -0.4 is 5.32 Å². The van der Waals surface area contributed by atoms with Gasteiger partial charge in [0.15, 0.2) is 12.6 Å². The molecule has 2 aromatic carbocycles. The maximum absolute atomic E-state index is 13.7. The van der Waals surface area contributed by atoms with E-state index in [1.54, 1.807) is 13.0 Å². The number of nitrogens with zero attached hydrogens (tertiary/aromatic N) is 1. The highest BCUT2D eigenvalue weighted by atomic mass is 35.5. The van der Waals surface area contributed by atoms with Crippen molar-refractivity contribution in [3.8, 4) is 0 Å². The second kappa shape index (κ2) is 13.3. The average Bonchev–Trinajstić information content (AvgIpc) is 2.86. The number of amides is 1. The molecule has 0 aromatic heterocycles. The molecule has 0 aliphatic heterocycles. The number of anilines is 1. The van der Waals surface area contributed by atoms with Crippen molar-refractivity contribution in [3.05, 3.63) is 64.2 Å². The van der Waals surface area contributed by atoms with Crippen molar-refractivity contribution in [2.45, 2.75) is 53.2 Å². The van der Waals surface area contributed by atoms with Crippen LogP contribution in [0.1, 0.15) is 55.1 Å². The molecular weight excluding hydrogens is 468 g/mol. The van der Waals surface area contributed by atoms with E-state index in [4.69, 9.17) is 21.1 Å². The van der Waals surface area contributed by atoms with E-state index >= 15 is 0 Å². The number of aryl methyl sites for hydroxylation is 1. The van der Waals surface area contributed by atoms with Crippen molar-refractivity contribution in [3.63, 3.8) is 0 Å². The van der Waals surface area contributed by atoms with E-state index in [1.165, 1.54) is 13.2 Å². The summed E-state index contributed by atoms with van der Waals surface area (Å²) in [6.07, 6.45) is 1.32. The third kappa shape index (κ3) is 7.29. The Kier molecular flexibility index (Phi) is 10.7. The Labute approximate surface area is 212 Å². The van der Waals surface area contributed by atoms with Crippen molar-refractivity contribution >= 4 is 35.1 Å². The third-order valence-electron chi connectivity index (χ3n) is 6.43. The van der Waals surface area contributed by atoms with Crippen LogP contribution in [0.25, 0.3) is 0 Å². The number of hydrogen-bond acceptors (Lipinski definition) is 5. The summed E-state index contributed by atoms with van der Waals surface area (Å²) in [7, 11) is 1.28. The first-order chi connectivity index (χ1) is 16.7. The average molecular weight is 504 g/mol. The minimum Gasteiger partial charge on any atom is -0.465 e. The second-order valence-corrected chi connectivity index (χ2v) is 9.02. The standard InChI is InChI=1S/C27H35ClN2O5/c1-6-12-23(26(32)29-25-19(4)15-21(28)16-22(25)27(33)34-5)30(7-2,8-3)17-24(31)35-18-20-13-10-9-11-14-20/h9-11,13-16,23H,6-8,12,17-18H2,1-5H3/p+1. The molecule has 0 aliphatic carbocycles. The van der Waals surface area contributed by atoms with Crippen molar-refractivity contribution in [1.82, 2.24) is 0 Å². The van der Waals surface area contributed by atoms with E-state index in [9.17, 15) is 14.4 Å². The number of benzene rings is 2.